The van der Waals surface area contributed by atoms with Gasteiger partial charge < -0.3 is 19.7 Å². The molecule has 0 radical (unpaired) electrons. The lowest BCUT2D eigenvalue weighted by Gasteiger charge is -2.23. The molecular formula is C26H31N5O3S. The van der Waals surface area contributed by atoms with E-state index in [1.54, 1.807) is 11.3 Å². The Kier molecular flexibility index (Phi) is 6.63. The Hall–Kier alpha value is -2.62. The molecule has 1 aromatic carbocycles. The molecule has 3 aliphatic rings. The lowest BCUT2D eigenvalue weighted by molar-refractivity contribution is -0.122. The highest BCUT2D eigenvalue weighted by Gasteiger charge is 2.35. The number of nitrogens with one attached hydrogen (secondary N) is 1. The van der Waals surface area contributed by atoms with Crippen molar-refractivity contribution in [2.24, 2.45) is 0 Å². The van der Waals surface area contributed by atoms with Crippen molar-refractivity contribution >= 4 is 32.7 Å². The molecule has 2 aliphatic heterocycles. The van der Waals surface area contributed by atoms with Gasteiger partial charge in [0.25, 0.3) is 0 Å². The number of benzene rings is 1. The van der Waals surface area contributed by atoms with Crippen LogP contribution < -0.4 is 10.2 Å². The molecule has 35 heavy (non-hydrogen) atoms. The minimum Gasteiger partial charge on any atom is -0.381 e. The van der Waals surface area contributed by atoms with Crippen molar-refractivity contribution in [2.75, 3.05) is 24.7 Å². The molecule has 2 saturated heterocycles. The topological polar surface area (TPSA) is 89.5 Å². The Morgan fingerprint density at radius 3 is 2.71 bits per heavy atom. The third-order valence-electron chi connectivity index (χ3n) is 7.01. The molecule has 0 spiro atoms. The zero-order valence-electron chi connectivity index (χ0n) is 19.8. The number of rotatable bonds is 8. The van der Waals surface area contributed by atoms with Gasteiger partial charge in [0, 0.05) is 32.2 Å². The molecule has 1 aliphatic carbocycles. The van der Waals surface area contributed by atoms with Crippen molar-refractivity contribution < 1.29 is 14.3 Å². The van der Waals surface area contributed by atoms with Gasteiger partial charge in [-0.1, -0.05) is 41.7 Å². The number of hydrogen-bond donors (Lipinski definition) is 1. The van der Waals surface area contributed by atoms with Crippen LogP contribution in [0.4, 0.5) is 5.13 Å². The second kappa shape index (κ2) is 10.2. The van der Waals surface area contributed by atoms with Crippen LogP contribution in [0.25, 0.3) is 10.3 Å². The zero-order chi connectivity index (χ0) is 23.6. The Morgan fingerprint density at radius 1 is 1.09 bits per heavy atom. The van der Waals surface area contributed by atoms with Crippen LogP contribution in [0.2, 0.25) is 0 Å². The number of carbonyl (C=O) groups excluding carboxylic acids is 1. The van der Waals surface area contributed by atoms with Crippen LogP contribution in [-0.4, -0.2) is 52.8 Å². The fraction of sp³-hybridized carbons (Fsp3) is 0.538. The number of fused-ring (bicyclic) bond motifs is 1. The molecule has 1 amide bonds. The molecule has 6 rings (SSSR count). The summed E-state index contributed by atoms with van der Waals surface area (Å²) in [7, 11) is 0. The highest BCUT2D eigenvalue weighted by molar-refractivity contribution is 7.22. The van der Waals surface area contributed by atoms with Gasteiger partial charge in [0.1, 0.15) is 12.6 Å². The summed E-state index contributed by atoms with van der Waals surface area (Å²) in [6, 6.07) is 9.83. The summed E-state index contributed by atoms with van der Waals surface area (Å²) in [4.78, 5) is 29.8. The predicted octanol–water partition coefficient (Wildman–Crippen LogP) is 3.94. The number of aromatic nitrogens is 3. The first-order valence-corrected chi connectivity index (χ1v) is 13.5. The minimum absolute atomic E-state index is 0.0599. The lowest BCUT2D eigenvalue weighted by atomic mass is 10.1. The third-order valence-corrected chi connectivity index (χ3v) is 8.11. The first kappa shape index (κ1) is 22.8. The summed E-state index contributed by atoms with van der Waals surface area (Å²) in [5.41, 5.74) is 2.95. The van der Waals surface area contributed by atoms with Crippen molar-refractivity contribution in [3.63, 3.8) is 0 Å². The molecule has 9 heteroatoms. The van der Waals surface area contributed by atoms with Crippen LogP contribution >= 0.6 is 11.3 Å². The van der Waals surface area contributed by atoms with Gasteiger partial charge >= 0.3 is 0 Å². The molecule has 184 valence electrons. The number of ether oxygens (including phenoxy) is 2. The minimum atomic E-state index is -0.201. The van der Waals surface area contributed by atoms with E-state index in [2.05, 4.69) is 10.2 Å². The van der Waals surface area contributed by atoms with Crippen molar-refractivity contribution in [3.05, 3.63) is 47.4 Å². The molecule has 2 aromatic heterocycles. The second-order valence-electron chi connectivity index (χ2n) is 9.63. The summed E-state index contributed by atoms with van der Waals surface area (Å²) >= 11 is 1.63. The molecule has 1 N–H and O–H groups in total. The van der Waals surface area contributed by atoms with Crippen LogP contribution in [0.5, 0.6) is 0 Å². The standard InChI is InChI=1S/C26H31N5O3S/c32-25(27-15-17-5-2-1-3-6-17)20-7-4-12-31(20)26-30-24-23(35-26)22(18-8-9-18)28-21(29-24)16-34-19-10-13-33-14-11-19/h1-3,5-6,18-20H,4,7-16H2,(H,27,32)/t20-/m1/s1. The van der Waals surface area contributed by atoms with Gasteiger partial charge in [0.05, 0.1) is 16.5 Å². The van der Waals surface area contributed by atoms with Crippen LogP contribution in [0.3, 0.4) is 0 Å². The first-order chi connectivity index (χ1) is 17.2. The van der Waals surface area contributed by atoms with Gasteiger partial charge in [0.15, 0.2) is 16.6 Å². The molecule has 0 bridgehead atoms. The second-order valence-corrected chi connectivity index (χ2v) is 10.6. The first-order valence-electron chi connectivity index (χ1n) is 12.7. The Morgan fingerprint density at radius 2 is 1.91 bits per heavy atom. The highest BCUT2D eigenvalue weighted by atomic mass is 32.1. The summed E-state index contributed by atoms with van der Waals surface area (Å²) < 4.78 is 12.6. The molecule has 0 unspecified atom stereocenters. The van der Waals surface area contributed by atoms with Gasteiger partial charge in [-0.3, -0.25) is 4.79 Å². The monoisotopic (exact) mass is 493 g/mol. The van der Waals surface area contributed by atoms with Gasteiger partial charge in [-0.15, -0.1) is 0 Å². The SMILES string of the molecule is O=C(NCc1ccccc1)[C@H]1CCCN1c1nc2nc(COC3CCOCC3)nc(C3CC3)c2s1. The molecule has 1 saturated carbocycles. The number of amides is 1. The van der Waals surface area contributed by atoms with Crippen LogP contribution in [0, 0.1) is 0 Å². The Bertz CT molecular complexity index is 1180. The van der Waals surface area contributed by atoms with Crippen molar-refractivity contribution in [3.8, 4) is 0 Å². The quantitative estimate of drug-likeness (QED) is 0.508. The maximum absolute atomic E-state index is 13.1. The van der Waals surface area contributed by atoms with E-state index in [0.29, 0.717) is 24.9 Å². The summed E-state index contributed by atoms with van der Waals surface area (Å²) in [6.07, 6.45) is 6.18. The molecule has 3 aromatic rings. The number of anilines is 1. The van der Waals surface area contributed by atoms with E-state index in [9.17, 15) is 4.79 Å². The summed E-state index contributed by atoms with van der Waals surface area (Å²) in [6.45, 7) is 3.28. The number of hydrogen-bond acceptors (Lipinski definition) is 8. The van der Waals surface area contributed by atoms with Gasteiger partial charge in [0.2, 0.25) is 5.91 Å². The smallest absolute Gasteiger partial charge is 0.243 e. The fourth-order valence-corrected chi connectivity index (χ4v) is 6.06. The zero-order valence-corrected chi connectivity index (χ0v) is 20.6. The highest BCUT2D eigenvalue weighted by Crippen LogP contribution is 2.44. The number of thiazole rings is 1. The van der Waals surface area contributed by atoms with Crippen molar-refractivity contribution in [2.45, 2.75) is 69.7 Å². The average Bonchev–Trinajstić information content (AvgIpc) is 3.46. The van der Waals surface area contributed by atoms with E-state index in [-0.39, 0.29) is 18.1 Å². The largest absolute Gasteiger partial charge is 0.381 e. The third kappa shape index (κ3) is 5.17. The maximum Gasteiger partial charge on any atom is 0.243 e. The molecule has 3 fully saturated rings. The van der Waals surface area contributed by atoms with Crippen molar-refractivity contribution in [1.29, 1.82) is 0 Å². The average molecular weight is 494 g/mol. The fourth-order valence-electron chi connectivity index (χ4n) is 4.91. The van der Waals surface area contributed by atoms with E-state index in [1.165, 1.54) is 0 Å². The summed E-state index contributed by atoms with van der Waals surface area (Å²) in [5.74, 6) is 1.25. The predicted molar refractivity (Wildman–Crippen MR) is 134 cm³/mol. The van der Waals surface area contributed by atoms with Crippen LogP contribution in [0.1, 0.15) is 61.5 Å². The van der Waals surface area contributed by atoms with Gasteiger partial charge in [-0.25, -0.2) is 9.97 Å². The molecular weight excluding hydrogens is 462 g/mol. The maximum atomic E-state index is 13.1. The molecule has 4 heterocycles. The van der Waals surface area contributed by atoms with E-state index in [1.807, 2.05) is 30.3 Å². The Balaban J connectivity index is 1.20. The Labute approximate surface area is 209 Å². The number of nitrogens with zero attached hydrogens (tertiary/aromatic N) is 4. The van der Waals surface area contributed by atoms with E-state index < -0.39 is 0 Å². The molecule has 1 atom stereocenters. The van der Waals surface area contributed by atoms with Crippen molar-refractivity contribution in [1.82, 2.24) is 20.3 Å². The van der Waals surface area contributed by atoms with Crippen LogP contribution in [-0.2, 0) is 27.4 Å². The van der Waals surface area contributed by atoms with E-state index in [0.717, 1.165) is 85.0 Å². The normalized spacial score (nSPS) is 21.0. The van der Waals surface area contributed by atoms with Crippen LogP contribution in [0.15, 0.2) is 30.3 Å². The van der Waals surface area contributed by atoms with E-state index >= 15 is 0 Å². The van der Waals surface area contributed by atoms with E-state index in [4.69, 9.17) is 24.4 Å². The molecule has 8 nitrogen and oxygen atoms in total. The van der Waals surface area contributed by atoms with Gasteiger partial charge in [-0.05, 0) is 44.1 Å². The number of carbonyl (C=O) groups is 1. The van der Waals surface area contributed by atoms with Gasteiger partial charge in [-0.2, -0.15) is 4.98 Å². The summed E-state index contributed by atoms with van der Waals surface area (Å²) in [5, 5.41) is 3.99. The lowest BCUT2D eigenvalue weighted by Crippen LogP contribution is -2.43.